The number of ether oxygens (including phenoxy) is 1. The average Bonchev–Trinajstić information content (AvgIpc) is 3.08. The van der Waals surface area contributed by atoms with E-state index in [-0.39, 0.29) is 23.8 Å². The largest absolute Gasteiger partial charge is 0.461 e. The van der Waals surface area contributed by atoms with Crippen LogP contribution in [0.3, 0.4) is 0 Å². The van der Waals surface area contributed by atoms with Crippen molar-refractivity contribution in [1.29, 1.82) is 5.26 Å². The van der Waals surface area contributed by atoms with E-state index in [1.165, 1.54) is 6.07 Å². The number of nitrogens with zero attached hydrogens (tertiary/aromatic N) is 1. The highest BCUT2D eigenvalue weighted by Crippen LogP contribution is 2.15. The van der Waals surface area contributed by atoms with Gasteiger partial charge in [0.25, 0.3) is 0 Å². The fourth-order valence-corrected chi connectivity index (χ4v) is 3.81. The van der Waals surface area contributed by atoms with Gasteiger partial charge in [0.1, 0.15) is 10.8 Å². The lowest BCUT2D eigenvalue weighted by Crippen LogP contribution is -2.26. The first-order valence-electron chi connectivity index (χ1n) is 6.69. The second-order valence-electron chi connectivity index (χ2n) is 4.55. The molecule has 0 aliphatic rings. The number of thiophene rings is 1. The van der Waals surface area contributed by atoms with Crippen molar-refractivity contribution in [2.75, 3.05) is 6.54 Å². The van der Waals surface area contributed by atoms with Crippen LogP contribution in [0, 0.1) is 11.3 Å². The number of nitrogens with one attached hydrogen (secondary N) is 1. The molecule has 23 heavy (non-hydrogen) atoms. The van der Waals surface area contributed by atoms with Crippen molar-refractivity contribution in [1.82, 2.24) is 4.72 Å². The Morgan fingerprint density at radius 1 is 1.30 bits per heavy atom. The molecule has 1 aromatic carbocycles. The predicted molar refractivity (Wildman–Crippen MR) is 85.1 cm³/mol. The van der Waals surface area contributed by atoms with E-state index in [9.17, 15) is 13.2 Å². The maximum atomic E-state index is 11.8. The topological polar surface area (TPSA) is 96.3 Å². The number of benzene rings is 1. The van der Waals surface area contributed by atoms with Gasteiger partial charge in [0.05, 0.1) is 18.1 Å². The zero-order valence-electron chi connectivity index (χ0n) is 12.1. The highest BCUT2D eigenvalue weighted by molar-refractivity contribution is 7.91. The summed E-state index contributed by atoms with van der Waals surface area (Å²) in [6.45, 7) is 0.0172. The summed E-state index contributed by atoms with van der Waals surface area (Å²) in [5, 5.41) is 10.5. The van der Waals surface area contributed by atoms with E-state index in [0.717, 1.165) is 11.3 Å². The number of hydrogen-bond donors (Lipinski definition) is 1. The van der Waals surface area contributed by atoms with Gasteiger partial charge in [-0.2, -0.15) is 5.26 Å². The van der Waals surface area contributed by atoms with Gasteiger partial charge < -0.3 is 4.74 Å². The lowest BCUT2D eigenvalue weighted by Gasteiger charge is -2.06. The van der Waals surface area contributed by atoms with Crippen molar-refractivity contribution in [3.63, 3.8) is 0 Å². The minimum atomic E-state index is -3.56. The van der Waals surface area contributed by atoms with Crippen LogP contribution in [0.1, 0.15) is 17.5 Å². The van der Waals surface area contributed by atoms with E-state index >= 15 is 0 Å². The first-order chi connectivity index (χ1) is 11.0. The molecule has 1 aromatic heterocycles. The molecule has 0 spiro atoms. The van der Waals surface area contributed by atoms with Crippen LogP contribution in [-0.2, 0) is 26.2 Å². The molecule has 120 valence electrons. The van der Waals surface area contributed by atoms with Gasteiger partial charge >= 0.3 is 5.97 Å². The van der Waals surface area contributed by atoms with Crippen LogP contribution in [0.2, 0.25) is 0 Å². The van der Waals surface area contributed by atoms with Crippen molar-refractivity contribution in [2.24, 2.45) is 0 Å². The van der Waals surface area contributed by atoms with Crippen LogP contribution in [0.15, 0.2) is 46.0 Å². The molecule has 0 saturated carbocycles. The van der Waals surface area contributed by atoms with E-state index in [2.05, 4.69) is 4.72 Å². The lowest BCUT2D eigenvalue weighted by atomic mass is 10.1. The summed E-state index contributed by atoms with van der Waals surface area (Å²) in [5.41, 5.74) is 1.19. The van der Waals surface area contributed by atoms with Gasteiger partial charge in [0.2, 0.25) is 10.0 Å². The third-order valence-electron chi connectivity index (χ3n) is 2.84. The van der Waals surface area contributed by atoms with Gasteiger partial charge in [-0.15, -0.1) is 11.3 Å². The molecule has 1 N–H and O–H groups in total. The predicted octanol–water partition coefficient (Wildman–Crippen LogP) is 2.03. The Morgan fingerprint density at radius 2 is 2.13 bits per heavy atom. The monoisotopic (exact) mass is 350 g/mol. The standard InChI is InChI=1S/C15H14N2O4S2/c16-10-12-3-1-4-13(9-12)11-21-14(18)6-7-17-23(19,20)15-5-2-8-22-15/h1-5,8-9,17H,6-7,11H2. The van der Waals surface area contributed by atoms with Crippen LogP contribution >= 0.6 is 11.3 Å². The highest BCUT2D eigenvalue weighted by atomic mass is 32.2. The summed E-state index contributed by atoms with van der Waals surface area (Å²) < 4.78 is 31.3. The Labute approximate surface area is 138 Å². The van der Waals surface area contributed by atoms with E-state index in [0.29, 0.717) is 11.1 Å². The summed E-state index contributed by atoms with van der Waals surface area (Å²) in [4.78, 5) is 11.6. The Bertz CT molecular complexity index is 808. The molecule has 0 bridgehead atoms. The number of sulfonamides is 1. The van der Waals surface area contributed by atoms with Gasteiger partial charge in [0.15, 0.2) is 0 Å². The molecule has 0 fully saturated rings. The van der Waals surface area contributed by atoms with Gasteiger partial charge in [-0.3, -0.25) is 4.79 Å². The van der Waals surface area contributed by atoms with Gasteiger partial charge in [-0.1, -0.05) is 18.2 Å². The van der Waals surface area contributed by atoms with Crippen LogP contribution < -0.4 is 4.72 Å². The van der Waals surface area contributed by atoms with E-state index in [1.54, 1.807) is 35.7 Å². The quantitative estimate of drug-likeness (QED) is 0.771. The second kappa shape index (κ2) is 7.87. The van der Waals surface area contributed by atoms with Gasteiger partial charge in [-0.25, -0.2) is 13.1 Å². The first kappa shape index (κ1) is 17.1. The first-order valence-corrected chi connectivity index (χ1v) is 9.05. The van der Waals surface area contributed by atoms with Crippen LogP contribution in [0.25, 0.3) is 0 Å². The third kappa shape index (κ3) is 5.17. The maximum Gasteiger partial charge on any atom is 0.307 e. The van der Waals surface area contributed by atoms with Crippen LogP contribution in [0.4, 0.5) is 0 Å². The summed E-state index contributed by atoms with van der Waals surface area (Å²) in [7, 11) is -3.56. The number of nitriles is 1. The molecular weight excluding hydrogens is 336 g/mol. The highest BCUT2D eigenvalue weighted by Gasteiger charge is 2.15. The van der Waals surface area contributed by atoms with Gasteiger partial charge in [-0.05, 0) is 29.1 Å². The number of esters is 1. The molecule has 0 atom stereocenters. The van der Waals surface area contributed by atoms with Crippen molar-refractivity contribution >= 4 is 27.3 Å². The zero-order chi connectivity index (χ0) is 16.7. The molecule has 0 aliphatic carbocycles. The Kier molecular flexibility index (Phi) is 5.87. The zero-order valence-corrected chi connectivity index (χ0v) is 13.7. The minimum Gasteiger partial charge on any atom is -0.461 e. The SMILES string of the molecule is N#Cc1cccc(COC(=O)CCNS(=O)(=O)c2cccs2)c1. The molecule has 0 amide bonds. The summed E-state index contributed by atoms with van der Waals surface area (Å²) >= 11 is 1.11. The van der Waals surface area contributed by atoms with Crippen molar-refractivity contribution in [3.8, 4) is 6.07 Å². The fourth-order valence-electron chi connectivity index (χ4n) is 1.74. The molecule has 2 aromatic rings. The molecule has 1 heterocycles. The van der Waals surface area contributed by atoms with Crippen molar-refractivity contribution < 1.29 is 17.9 Å². The molecule has 0 saturated heterocycles. The Hall–Kier alpha value is -2.21. The average molecular weight is 350 g/mol. The Balaban J connectivity index is 1.76. The molecule has 8 heteroatoms. The maximum absolute atomic E-state index is 11.8. The van der Waals surface area contributed by atoms with Crippen LogP contribution in [0.5, 0.6) is 0 Å². The summed E-state index contributed by atoms with van der Waals surface area (Å²) in [5.74, 6) is -0.513. The Morgan fingerprint density at radius 3 is 2.83 bits per heavy atom. The fraction of sp³-hybridized carbons (Fsp3) is 0.200. The second-order valence-corrected chi connectivity index (χ2v) is 7.49. The van der Waals surface area contributed by atoms with Crippen LogP contribution in [-0.4, -0.2) is 20.9 Å². The van der Waals surface area contributed by atoms with Crippen molar-refractivity contribution in [3.05, 3.63) is 52.9 Å². The summed E-state index contributed by atoms with van der Waals surface area (Å²) in [6, 6.07) is 11.9. The number of carbonyl (C=O) groups is 1. The van der Waals surface area contributed by atoms with E-state index in [4.69, 9.17) is 10.00 Å². The van der Waals surface area contributed by atoms with E-state index < -0.39 is 16.0 Å². The number of carbonyl (C=O) groups excluding carboxylic acids is 1. The molecule has 0 aliphatic heterocycles. The summed E-state index contributed by atoms with van der Waals surface area (Å²) in [6.07, 6.45) is -0.0669. The third-order valence-corrected chi connectivity index (χ3v) is 5.70. The molecule has 0 unspecified atom stereocenters. The molecule has 6 nitrogen and oxygen atoms in total. The molecule has 0 radical (unpaired) electrons. The smallest absolute Gasteiger partial charge is 0.307 e. The van der Waals surface area contributed by atoms with Crippen molar-refractivity contribution in [2.45, 2.75) is 17.2 Å². The lowest BCUT2D eigenvalue weighted by molar-refractivity contribution is -0.144. The van der Waals surface area contributed by atoms with E-state index in [1.807, 2.05) is 6.07 Å². The normalized spacial score (nSPS) is 10.9. The number of rotatable bonds is 7. The molecular formula is C15H14N2O4S2. The minimum absolute atomic E-state index is 0.0305. The molecule has 2 rings (SSSR count). The number of hydrogen-bond acceptors (Lipinski definition) is 6. The van der Waals surface area contributed by atoms with Gasteiger partial charge in [0, 0.05) is 6.54 Å².